The quantitative estimate of drug-likeness (QED) is 0.345. The first kappa shape index (κ1) is 21.1. The molecule has 31 heavy (non-hydrogen) atoms. The van der Waals surface area contributed by atoms with E-state index in [0.717, 1.165) is 38.7 Å². The lowest BCUT2D eigenvalue weighted by molar-refractivity contribution is -0.118. The van der Waals surface area contributed by atoms with Gasteiger partial charge in [0.1, 0.15) is 11.3 Å². The van der Waals surface area contributed by atoms with Crippen molar-refractivity contribution in [3.05, 3.63) is 75.8 Å². The van der Waals surface area contributed by atoms with E-state index in [1.54, 1.807) is 0 Å². The van der Waals surface area contributed by atoms with Gasteiger partial charge in [0.05, 0.1) is 4.47 Å². The summed E-state index contributed by atoms with van der Waals surface area (Å²) in [4.78, 5) is 16.9. The number of benzene rings is 3. The van der Waals surface area contributed by atoms with Gasteiger partial charge in [-0.05, 0) is 89.8 Å². The number of nitrogens with one attached hydrogen (secondary N) is 1. The Labute approximate surface area is 189 Å². The molecule has 0 atom stereocenters. The molecule has 5 nitrogen and oxygen atoms in total. The molecule has 1 amide bonds. The van der Waals surface area contributed by atoms with E-state index in [2.05, 4.69) is 39.2 Å². The van der Waals surface area contributed by atoms with Gasteiger partial charge >= 0.3 is 0 Å². The average Bonchev–Trinajstić information content (AvgIpc) is 3.18. The van der Waals surface area contributed by atoms with Crippen molar-refractivity contribution in [1.82, 2.24) is 4.98 Å². The van der Waals surface area contributed by atoms with Gasteiger partial charge < -0.3 is 14.5 Å². The molecular weight excluding hydrogens is 456 g/mol. The van der Waals surface area contributed by atoms with Gasteiger partial charge in [-0.25, -0.2) is 4.98 Å². The molecule has 0 spiro atoms. The topological polar surface area (TPSA) is 64.4 Å². The molecular formula is C25H23BrN2O3. The number of fused-ring (bicyclic) bond motifs is 1. The van der Waals surface area contributed by atoms with E-state index >= 15 is 0 Å². The van der Waals surface area contributed by atoms with E-state index in [-0.39, 0.29) is 12.5 Å². The summed E-state index contributed by atoms with van der Waals surface area (Å²) in [7, 11) is 0. The number of hydrogen-bond donors (Lipinski definition) is 1. The van der Waals surface area contributed by atoms with Crippen LogP contribution in [0.15, 0.2) is 63.5 Å². The Balaban J connectivity index is 1.42. The molecule has 0 saturated carbocycles. The van der Waals surface area contributed by atoms with Crippen molar-refractivity contribution in [2.75, 3.05) is 11.9 Å². The Morgan fingerprint density at radius 2 is 1.87 bits per heavy atom. The standard InChI is InChI=1S/C25H23BrN2O3/c1-4-17-12-20(26)24-21(13-17)28-25(31-24)18-6-8-19(9-7-18)27-23(29)14-30-22-10-5-15(2)11-16(22)3/h5-13H,4,14H2,1-3H3,(H,27,29). The van der Waals surface area contributed by atoms with Crippen LogP contribution in [-0.2, 0) is 11.2 Å². The van der Waals surface area contributed by atoms with Gasteiger partial charge in [-0.2, -0.15) is 0 Å². The van der Waals surface area contributed by atoms with Gasteiger partial charge in [0.2, 0.25) is 5.89 Å². The predicted octanol–water partition coefficient (Wildman–Crippen LogP) is 6.45. The van der Waals surface area contributed by atoms with Crippen molar-refractivity contribution in [3.8, 4) is 17.2 Å². The molecule has 6 heteroatoms. The maximum atomic E-state index is 12.3. The maximum absolute atomic E-state index is 12.3. The number of halogens is 1. The van der Waals surface area contributed by atoms with Crippen LogP contribution in [-0.4, -0.2) is 17.5 Å². The minimum Gasteiger partial charge on any atom is -0.483 e. The second-order valence-corrected chi connectivity index (χ2v) is 8.34. The molecule has 158 valence electrons. The maximum Gasteiger partial charge on any atom is 0.262 e. The summed E-state index contributed by atoms with van der Waals surface area (Å²) in [6, 6.07) is 17.4. The number of aryl methyl sites for hydroxylation is 3. The highest BCUT2D eigenvalue weighted by Gasteiger charge is 2.12. The largest absolute Gasteiger partial charge is 0.483 e. The van der Waals surface area contributed by atoms with Crippen LogP contribution in [0.2, 0.25) is 0 Å². The second-order valence-electron chi connectivity index (χ2n) is 7.48. The zero-order valence-electron chi connectivity index (χ0n) is 17.7. The lowest BCUT2D eigenvalue weighted by Crippen LogP contribution is -2.20. The van der Waals surface area contributed by atoms with Crippen LogP contribution in [0.1, 0.15) is 23.6 Å². The molecule has 0 aliphatic rings. The summed E-state index contributed by atoms with van der Waals surface area (Å²) >= 11 is 3.56. The van der Waals surface area contributed by atoms with E-state index in [0.29, 0.717) is 17.3 Å². The highest BCUT2D eigenvalue weighted by molar-refractivity contribution is 9.10. The van der Waals surface area contributed by atoms with Gasteiger partial charge in [0, 0.05) is 11.3 Å². The Bertz CT molecular complexity index is 1250. The number of anilines is 1. The fourth-order valence-electron chi connectivity index (χ4n) is 3.37. The molecule has 0 bridgehead atoms. The van der Waals surface area contributed by atoms with E-state index in [9.17, 15) is 4.79 Å². The number of carbonyl (C=O) groups is 1. The molecule has 1 N–H and O–H groups in total. The number of carbonyl (C=O) groups excluding carboxylic acids is 1. The summed E-state index contributed by atoms with van der Waals surface area (Å²) in [6.45, 7) is 6.04. The van der Waals surface area contributed by atoms with Crippen LogP contribution in [0.25, 0.3) is 22.6 Å². The van der Waals surface area contributed by atoms with Gasteiger partial charge in [0.15, 0.2) is 12.2 Å². The van der Waals surface area contributed by atoms with Crippen LogP contribution in [0, 0.1) is 13.8 Å². The zero-order valence-corrected chi connectivity index (χ0v) is 19.2. The van der Waals surface area contributed by atoms with Gasteiger partial charge in [-0.15, -0.1) is 0 Å². The van der Waals surface area contributed by atoms with Crippen LogP contribution in [0.4, 0.5) is 5.69 Å². The highest BCUT2D eigenvalue weighted by atomic mass is 79.9. The lowest BCUT2D eigenvalue weighted by atomic mass is 10.1. The number of oxazole rings is 1. The van der Waals surface area contributed by atoms with Crippen molar-refractivity contribution >= 4 is 38.6 Å². The van der Waals surface area contributed by atoms with Crippen LogP contribution < -0.4 is 10.1 Å². The minimum atomic E-state index is -0.217. The van der Waals surface area contributed by atoms with E-state index in [4.69, 9.17) is 9.15 Å². The molecule has 0 aliphatic carbocycles. The molecule has 0 saturated heterocycles. The van der Waals surface area contributed by atoms with Crippen LogP contribution in [0.3, 0.4) is 0 Å². The molecule has 1 heterocycles. The molecule has 0 fully saturated rings. The third kappa shape index (κ3) is 4.80. The molecule has 4 aromatic rings. The normalized spacial score (nSPS) is 11.0. The van der Waals surface area contributed by atoms with Gasteiger partial charge in [-0.1, -0.05) is 24.6 Å². The summed E-state index contributed by atoms with van der Waals surface area (Å²) in [6.07, 6.45) is 0.929. The third-order valence-electron chi connectivity index (χ3n) is 5.02. The first-order valence-electron chi connectivity index (χ1n) is 10.1. The molecule has 0 radical (unpaired) electrons. The fourth-order valence-corrected chi connectivity index (χ4v) is 3.95. The van der Waals surface area contributed by atoms with E-state index in [1.165, 1.54) is 5.56 Å². The molecule has 0 unspecified atom stereocenters. The Morgan fingerprint density at radius 3 is 2.58 bits per heavy atom. The second kappa shape index (κ2) is 8.94. The number of aromatic nitrogens is 1. The van der Waals surface area contributed by atoms with Crippen molar-refractivity contribution < 1.29 is 13.9 Å². The van der Waals surface area contributed by atoms with Crippen molar-refractivity contribution in [3.63, 3.8) is 0 Å². The van der Waals surface area contributed by atoms with E-state index < -0.39 is 0 Å². The Kier molecular flexibility index (Phi) is 6.09. The average molecular weight is 479 g/mol. The Morgan fingerprint density at radius 1 is 1.10 bits per heavy atom. The molecule has 1 aromatic heterocycles. The molecule has 4 rings (SSSR count). The fraction of sp³-hybridized carbons (Fsp3) is 0.200. The minimum absolute atomic E-state index is 0.0510. The van der Waals surface area contributed by atoms with Crippen molar-refractivity contribution in [2.45, 2.75) is 27.2 Å². The molecule has 0 aliphatic heterocycles. The van der Waals surface area contributed by atoms with Crippen molar-refractivity contribution in [2.24, 2.45) is 0 Å². The SMILES string of the molecule is CCc1cc(Br)c2oc(-c3ccc(NC(=O)COc4ccc(C)cc4C)cc3)nc2c1. The number of hydrogen-bond acceptors (Lipinski definition) is 4. The summed E-state index contributed by atoms with van der Waals surface area (Å²) in [5.41, 5.74) is 6.43. The Hall–Kier alpha value is -3.12. The summed E-state index contributed by atoms with van der Waals surface area (Å²) < 4.78 is 12.5. The molecule has 3 aromatic carbocycles. The van der Waals surface area contributed by atoms with Crippen LogP contribution in [0.5, 0.6) is 5.75 Å². The number of nitrogens with zero attached hydrogens (tertiary/aromatic N) is 1. The smallest absolute Gasteiger partial charge is 0.262 e. The lowest BCUT2D eigenvalue weighted by Gasteiger charge is -2.10. The summed E-state index contributed by atoms with van der Waals surface area (Å²) in [5, 5.41) is 2.85. The zero-order chi connectivity index (χ0) is 22.0. The third-order valence-corrected chi connectivity index (χ3v) is 5.61. The number of rotatable bonds is 6. The number of ether oxygens (including phenoxy) is 1. The monoisotopic (exact) mass is 478 g/mol. The predicted molar refractivity (Wildman–Crippen MR) is 127 cm³/mol. The van der Waals surface area contributed by atoms with E-state index in [1.807, 2.05) is 62.4 Å². The van der Waals surface area contributed by atoms with Crippen LogP contribution >= 0.6 is 15.9 Å². The van der Waals surface area contributed by atoms with Gasteiger partial charge in [-0.3, -0.25) is 4.79 Å². The van der Waals surface area contributed by atoms with Crippen molar-refractivity contribution in [1.29, 1.82) is 0 Å². The first-order chi connectivity index (χ1) is 14.9. The first-order valence-corrected chi connectivity index (χ1v) is 10.9. The highest BCUT2D eigenvalue weighted by Crippen LogP contribution is 2.31. The van der Waals surface area contributed by atoms with Gasteiger partial charge in [0.25, 0.3) is 5.91 Å². The number of amides is 1. The summed E-state index contributed by atoms with van der Waals surface area (Å²) in [5.74, 6) is 1.04.